The van der Waals surface area contributed by atoms with Gasteiger partial charge in [0.15, 0.2) is 11.5 Å². The van der Waals surface area contributed by atoms with E-state index in [1.807, 2.05) is 18.2 Å². The molecule has 0 saturated heterocycles. The van der Waals surface area contributed by atoms with Gasteiger partial charge in [-0.3, -0.25) is 4.79 Å². The Kier molecular flexibility index (Phi) is 4.29. The summed E-state index contributed by atoms with van der Waals surface area (Å²) in [5.41, 5.74) is 6.76. The number of amides is 1. The average Bonchev–Trinajstić information content (AvgIpc) is 3.01. The zero-order chi connectivity index (χ0) is 14.7. The molecule has 3 N–H and O–H groups in total. The normalized spacial score (nSPS) is 23.9. The van der Waals surface area contributed by atoms with Crippen molar-refractivity contribution in [3.8, 4) is 11.5 Å². The van der Waals surface area contributed by atoms with Crippen LogP contribution in [0.2, 0.25) is 0 Å². The molecule has 2 atom stereocenters. The molecule has 0 aromatic heterocycles. The molecule has 1 aliphatic heterocycles. The fraction of sp³-hybridized carbons (Fsp3) is 0.562. The van der Waals surface area contributed by atoms with E-state index >= 15 is 0 Å². The number of nitrogens with two attached hydrogens (primary N) is 1. The fourth-order valence-corrected chi connectivity index (χ4v) is 3.18. The molecule has 3 rings (SSSR count). The first-order valence-corrected chi connectivity index (χ1v) is 7.64. The van der Waals surface area contributed by atoms with E-state index in [-0.39, 0.29) is 11.8 Å². The Bertz CT molecular complexity index is 518. The van der Waals surface area contributed by atoms with Crippen LogP contribution in [0.1, 0.15) is 24.8 Å². The maximum absolute atomic E-state index is 12.3. The molecule has 0 bridgehead atoms. The second kappa shape index (κ2) is 6.35. The van der Waals surface area contributed by atoms with Gasteiger partial charge in [0.25, 0.3) is 0 Å². The quantitative estimate of drug-likeness (QED) is 0.880. The van der Waals surface area contributed by atoms with Crippen LogP contribution in [0.25, 0.3) is 0 Å². The number of rotatable bonds is 4. The predicted octanol–water partition coefficient (Wildman–Crippen LogP) is 1.45. The van der Waals surface area contributed by atoms with E-state index in [1.165, 1.54) is 0 Å². The molecule has 1 heterocycles. The molecule has 0 radical (unpaired) electrons. The van der Waals surface area contributed by atoms with Crippen LogP contribution < -0.4 is 20.5 Å². The topological polar surface area (TPSA) is 73.6 Å². The Morgan fingerprint density at radius 1 is 1.24 bits per heavy atom. The zero-order valence-corrected chi connectivity index (χ0v) is 12.1. The Morgan fingerprint density at radius 3 is 2.86 bits per heavy atom. The minimum absolute atomic E-state index is 0.0761. The number of nitrogens with one attached hydrogen (secondary N) is 1. The first-order valence-electron chi connectivity index (χ1n) is 7.64. The first-order chi connectivity index (χ1) is 10.3. The van der Waals surface area contributed by atoms with Gasteiger partial charge >= 0.3 is 0 Å². The number of fused-ring (bicyclic) bond motifs is 1. The largest absolute Gasteiger partial charge is 0.486 e. The third kappa shape index (κ3) is 3.13. The Morgan fingerprint density at radius 2 is 2.05 bits per heavy atom. The van der Waals surface area contributed by atoms with Gasteiger partial charge in [-0.05, 0) is 43.0 Å². The molecule has 0 spiro atoms. The summed E-state index contributed by atoms with van der Waals surface area (Å²) in [7, 11) is 0. The highest BCUT2D eigenvalue weighted by atomic mass is 16.6. The number of hydrogen-bond acceptors (Lipinski definition) is 4. The number of ether oxygens (including phenoxy) is 2. The van der Waals surface area contributed by atoms with Crippen LogP contribution in [0.3, 0.4) is 0 Å². The molecule has 1 saturated carbocycles. The summed E-state index contributed by atoms with van der Waals surface area (Å²) in [6.45, 7) is 2.28. The summed E-state index contributed by atoms with van der Waals surface area (Å²) < 4.78 is 11.0. The maximum atomic E-state index is 12.3. The van der Waals surface area contributed by atoms with Gasteiger partial charge in [-0.1, -0.05) is 12.5 Å². The van der Waals surface area contributed by atoms with Crippen molar-refractivity contribution in [1.29, 1.82) is 0 Å². The van der Waals surface area contributed by atoms with Crippen molar-refractivity contribution in [2.45, 2.75) is 25.8 Å². The van der Waals surface area contributed by atoms with Gasteiger partial charge in [-0.2, -0.15) is 0 Å². The van der Waals surface area contributed by atoms with E-state index in [1.54, 1.807) is 0 Å². The van der Waals surface area contributed by atoms with E-state index in [9.17, 15) is 4.79 Å². The number of hydrogen-bond donors (Lipinski definition) is 2. The van der Waals surface area contributed by atoms with Crippen molar-refractivity contribution in [2.75, 3.05) is 19.8 Å². The molecule has 5 nitrogen and oxygen atoms in total. The van der Waals surface area contributed by atoms with Crippen molar-refractivity contribution in [3.05, 3.63) is 23.8 Å². The molecule has 114 valence electrons. The van der Waals surface area contributed by atoms with Gasteiger partial charge in [-0.25, -0.2) is 0 Å². The summed E-state index contributed by atoms with van der Waals surface area (Å²) in [6, 6.07) is 5.79. The molecule has 2 aliphatic rings. The minimum Gasteiger partial charge on any atom is -0.486 e. The lowest BCUT2D eigenvalue weighted by molar-refractivity contribution is -0.126. The van der Waals surface area contributed by atoms with Crippen molar-refractivity contribution in [2.24, 2.45) is 17.6 Å². The van der Waals surface area contributed by atoms with E-state index < -0.39 is 0 Å². The monoisotopic (exact) mass is 290 g/mol. The summed E-state index contributed by atoms with van der Waals surface area (Å²) >= 11 is 0. The lowest BCUT2D eigenvalue weighted by atomic mass is 9.95. The summed E-state index contributed by atoms with van der Waals surface area (Å²) in [6.07, 6.45) is 3.12. The van der Waals surface area contributed by atoms with Crippen LogP contribution in [-0.2, 0) is 11.3 Å². The molecule has 1 aromatic carbocycles. The Labute approximate surface area is 124 Å². The van der Waals surface area contributed by atoms with Gasteiger partial charge in [-0.15, -0.1) is 0 Å². The van der Waals surface area contributed by atoms with Crippen LogP contribution >= 0.6 is 0 Å². The lowest BCUT2D eigenvalue weighted by Gasteiger charge is -2.20. The molecule has 21 heavy (non-hydrogen) atoms. The van der Waals surface area contributed by atoms with Gasteiger partial charge < -0.3 is 20.5 Å². The predicted molar refractivity (Wildman–Crippen MR) is 79.2 cm³/mol. The van der Waals surface area contributed by atoms with Crippen LogP contribution in [0.15, 0.2) is 18.2 Å². The Hall–Kier alpha value is -1.75. The third-order valence-corrected chi connectivity index (χ3v) is 4.37. The number of carbonyl (C=O) groups is 1. The SMILES string of the molecule is NC[C@H]1CCC[C@H]1C(=O)NCc1ccc2c(c1)OCCO2. The van der Waals surface area contributed by atoms with E-state index in [0.29, 0.717) is 32.2 Å². The van der Waals surface area contributed by atoms with Crippen LogP contribution in [-0.4, -0.2) is 25.7 Å². The molecule has 1 amide bonds. The molecular formula is C16H22N2O3. The third-order valence-electron chi connectivity index (χ3n) is 4.37. The second-order valence-electron chi connectivity index (χ2n) is 5.73. The van der Waals surface area contributed by atoms with Crippen molar-refractivity contribution < 1.29 is 14.3 Å². The molecule has 5 heteroatoms. The van der Waals surface area contributed by atoms with Crippen LogP contribution in [0.4, 0.5) is 0 Å². The van der Waals surface area contributed by atoms with Crippen molar-refractivity contribution in [1.82, 2.24) is 5.32 Å². The van der Waals surface area contributed by atoms with Gasteiger partial charge in [0.2, 0.25) is 5.91 Å². The smallest absolute Gasteiger partial charge is 0.223 e. The second-order valence-corrected chi connectivity index (χ2v) is 5.73. The van der Waals surface area contributed by atoms with Gasteiger partial charge in [0, 0.05) is 12.5 Å². The summed E-state index contributed by atoms with van der Waals surface area (Å²) in [4.78, 5) is 12.3. The molecular weight excluding hydrogens is 268 g/mol. The standard InChI is InChI=1S/C16H22N2O3/c17-9-12-2-1-3-13(12)16(19)18-10-11-4-5-14-15(8-11)21-7-6-20-14/h4-5,8,12-13H,1-3,6-7,9-10,17H2,(H,18,19)/t12-,13-/m1/s1. The summed E-state index contributed by atoms with van der Waals surface area (Å²) in [5, 5.41) is 3.02. The molecule has 1 aliphatic carbocycles. The fourth-order valence-electron chi connectivity index (χ4n) is 3.18. The van der Waals surface area contributed by atoms with Crippen LogP contribution in [0, 0.1) is 11.8 Å². The number of carbonyl (C=O) groups excluding carboxylic acids is 1. The highest BCUT2D eigenvalue weighted by molar-refractivity contribution is 5.79. The Balaban J connectivity index is 1.58. The van der Waals surface area contributed by atoms with Crippen molar-refractivity contribution >= 4 is 5.91 Å². The maximum Gasteiger partial charge on any atom is 0.223 e. The lowest BCUT2D eigenvalue weighted by Crippen LogP contribution is -2.34. The zero-order valence-electron chi connectivity index (χ0n) is 12.1. The highest BCUT2D eigenvalue weighted by Crippen LogP contribution is 2.32. The molecule has 1 aromatic rings. The van der Waals surface area contributed by atoms with E-state index in [0.717, 1.165) is 36.3 Å². The van der Waals surface area contributed by atoms with Gasteiger partial charge in [0.05, 0.1) is 0 Å². The molecule has 1 fully saturated rings. The first kappa shape index (κ1) is 14.2. The highest BCUT2D eigenvalue weighted by Gasteiger charge is 2.31. The van der Waals surface area contributed by atoms with E-state index in [2.05, 4.69) is 5.32 Å². The average molecular weight is 290 g/mol. The van der Waals surface area contributed by atoms with E-state index in [4.69, 9.17) is 15.2 Å². The summed E-state index contributed by atoms with van der Waals surface area (Å²) in [5.74, 6) is 2.07. The van der Waals surface area contributed by atoms with Crippen LogP contribution in [0.5, 0.6) is 11.5 Å². The number of benzene rings is 1. The van der Waals surface area contributed by atoms with Gasteiger partial charge in [0.1, 0.15) is 13.2 Å². The van der Waals surface area contributed by atoms with Crippen molar-refractivity contribution in [3.63, 3.8) is 0 Å². The molecule has 0 unspecified atom stereocenters. The minimum atomic E-state index is 0.0761.